The van der Waals surface area contributed by atoms with E-state index in [1.165, 1.54) is 0 Å². The molecule has 2 rings (SSSR count). The van der Waals surface area contributed by atoms with Crippen molar-refractivity contribution < 1.29 is 8.42 Å². The third-order valence-electron chi connectivity index (χ3n) is 3.46. The average Bonchev–Trinajstić information content (AvgIpc) is 2.68. The van der Waals surface area contributed by atoms with E-state index in [0.717, 1.165) is 30.1 Å². The van der Waals surface area contributed by atoms with Gasteiger partial charge in [-0.3, -0.25) is 4.90 Å². The minimum Gasteiger partial charge on any atom is -0.295 e. The maximum atomic E-state index is 11.5. The van der Waals surface area contributed by atoms with Gasteiger partial charge in [0.2, 0.25) is 0 Å². The molecule has 18 heavy (non-hydrogen) atoms. The molecule has 0 spiro atoms. The molecular weight excluding hydrogens is 270 g/mol. The topological polar surface area (TPSA) is 37.4 Å². The maximum absolute atomic E-state index is 11.5. The summed E-state index contributed by atoms with van der Waals surface area (Å²) in [7, 11) is -2.83. The quantitative estimate of drug-likeness (QED) is 0.853. The minimum atomic E-state index is -2.83. The lowest BCUT2D eigenvalue weighted by molar-refractivity contribution is 0.215. The van der Waals surface area contributed by atoms with Crippen LogP contribution in [0.5, 0.6) is 0 Å². The summed E-state index contributed by atoms with van der Waals surface area (Å²) in [5.41, 5.74) is 1.06. The fourth-order valence-corrected chi connectivity index (χ4v) is 4.36. The van der Waals surface area contributed by atoms with Crippen molar-refractivity contribution in [2.75, 3.05) is 18.1 Å². The van der Waals surface area contributed by atoms with Crippen LogP contribution in [0.1, 0.15) is 18.9 Å². The van der Waals surface area contributed by atoms with Crippen LogP contribution in [0.2, 0.25) is 5.02 Å². The zero-order valence-corrected chi connectivity index (χ0v) is 12.0. The number of hydrogen-bond donors (Lipinski definition) is 0. The lowest BCUT2D eigenvalue weighted by Crippen LogP contribution is -2.35. The van der Waals surface area contributed by atoms with E-state index in [1.807, 2.05) is 24.3 Å². The van der Waals surface area contributed by atoms with Crippen molar-refractivity contribution in [3.63, 3.8) is 0 Å². The van der Waals surface area contributed by atoms with Gasteiger partial charge in [-0.1, -0.05) is 36.7 Å². The second-order valence-corrected chi connectivity index (χ2v) is 7.35. The van der Waals surface area contributed by atoms with Gasteiger partial charge >= 0.3 is 0 Å². The molecule has 3 nitrogen and oxygen atoms in total. The molecule has 1 aliphatic rings. The Labute approximate surface area is 114 Å². The molecule has 0 aromatic heterocycles. The van der Waals surface area contributed by atoms with E-state index in [0.29, 0.717) is 5.75 Å². The zero-order chi connectivity index (χ0) is 13.2. The van der Waals surface area contributed by atoms with Crippen LogP contribution in [0, 0.1) is 0 Å². The molecule has 0 radical (unpaired) electrons. The third kappa shape index (κ3) is 3.25. The van der Waals surface area contributed by atoms with Gasteiger partial charge in [-0.25, -0.2) is 8.42 Å². The molecule has 5 heteroatoms. The third-order valence-corrected chi connectivity index (χ3v) is 5.58. The molecule has 0 bridgehead atoms. The summed E-state index contributed by atoms with van der Waals surface area (Å²) in [6.45, 7) is 3.61. The van der Waals surface area contributed by atoms with Crippen molar-refractivity contribution in [3.8, 4) is 0 Å². The summed E-state index contributed by atoms with van der Waals surface area (Å²) >= 11 is 6.14. The summed E-state index contributed by atoms with van der Waals surface area (Å²) in [5, 5.41) is 0.747. The van der Waals surface area contributed by atoms with Gasteiger partial charge in [0.1, 0.15) is 0 Å². The standard InChI is InChI=1S/C13H18ClNO2S/c1-2-15(12-7-8-18(16,17)10-12)9-11-5-3-4-6-13(11)14/h3-6,12H,2,7-10H2,1H3/t12-/m1/s1. The normalized spacial score (nSPS) is 22.5. The molecule has 1 fully saturated rings. The van der Waals surface area contributed by atoms with E-state index >= 15 is 0 Å². The van der Waals surface area contributed by atoms with E-state index in [2.05, 4.69) is 11.8 Å². The maximum Gasteiger partial charge on any atom is 0.151 e. The molecule has 0 saturated carbocycles. The smallest absolute Gasteiger partial charge is 0.151 e. The van der Waals surface area contributed by atoms with E-state index in [9.17, 15) is 8.42 Å². The summed E-state index contributed by atoms with van der Waals surface area (Å²) in [4.78, 5) is 2.20. The van der Waals surface area contributed by atoms with Gasteiger partial charge < -0.3 is 0 Å². The molecular formula is C13H18ClNO2S. The molecule has 0 N–H and O–H groups in total. The molecule has 1 aromatic carbocycles. The first-order valence-corrected chi connectivity index (χ1v) is 8.39. The Hall–Kier alpha value is -0.580. The lowest BCUT2D eigenvalue weighted by atomic mass is 10.1. The highest BCUT2D eigenvalue weighted by atomic mass is 35.5. The van der Waals surface area contributed by atoms with E-state index in [-0.39, 0.29) is 11.8 Å². The molecule has 1 heterocycles. The van der Waals surface area contributed by atoms with Crippen molar-refractivity contribution in [3.05, 3.63) is 34.9 Å². The van der Waals surface area contributed by atoms with Crippen LogP contribution in [-0.2, 0) is 16.4 Å². The first-order chi connectivity index (χ1) is 8.52. The highest BCUT2D eigenvalue weighted by Crippen LogP contribution is 2.22. The van der Waals surface area contributed by atoms with Crippen LogP contribution in [0.3, 0.4) is 0 Å². The molecule has 1 atom stereocenters. The summed E-state index contributed by atoms with van der Waals surface area (Å²) in [6.07, 6.45) is 0.737. The van der Waals surface area contributed by atoms with Gasteiger partial charge in [-0.2, -0.15) is 0 Å². The Morgan fingerprint density at radius 3 is 2.67 bits per heavy atom. The largest absolute Gasteiger partial charge is 0.295 e. The Bertz CT molecular complexity index is 515. The number of sulfone groups is 1. The Morgan fingerprint density at radius 1 is 1.39 bits per heavy atom. The average molecular weight is 288 g/mol. The number of hydrogen-bond acceptors (Lipinski definition) is 3. The molecule has 100 valence electrons. The molecule has 0 amide bonds. The summed E-state index contributed by atoms with van der Waals surface area (Å²) < 4.78 is 23.1. The zero-order valence-electron chi connectivity index (χ0n) is 10.5. The van der Waals surface area contributed by atoms with Crippen LogP contribution < -0.4 is 0 Å². The fraction of sp³-hybridized carbons (Fsp3) is 0.538. The first kappa shape index (κ1) is 13.8. The van der Waals surface area contributed by atoms with Crippen LogP contribution in [0.15, 0.2) is 24.3 Å². The molecule has 1 aliphatic heterocycles. The summed E-state index contributed by atoms with van der Waals surface area (Å²) in [6, 6.07) is 7.86. The number of rotatable bonds is 4. The highest BCUT2D eigenvalue weighted by molar-refractivity contribution is 7.91. The van der Waals surface area contributed by atoms with Crippen molar-refractivity contribution in [2.24, 2.45) is 0 Å². The van der Waals surface area contributed by atoms with Gasteiger partial charge in [0.15, 0.2) is 9.84 Å². The molecule has 0 aliphatic carbocycles. The van der Waals surface area contributed by atoms with E-state index in [4.69, 9.17) is 11.6 Å². The molecule has 1 saturated heterocycles. The van der Waals surface area contributed by atoms with Crippen LogP contribution in [-0.4, -0.2) is 37.4 Å². The lowest BCUT2D eigenvalue weighted by Gasteiger charge is -2.26. The van der Waals surface area contributed by atoms with Crippen molar-refractivity contribution in [2.45, 2.75) is 25.9 Å². The highest BCUT2D eigenvalue weighted by Gasteiger charge is 2.31. The van der Waals surface area contributed by atoms with Gasteiger partial charge in [-0.15, -0.1) is 0 Å². The predicted octanol–water partition coefficient (Wildman–Crippen LogP) is 2.35. The van der Waals surface area contributed by atoms with E-state index < -0.39 is 9.84 Å². The van der Waals surface area contributed by atoms with Gasteiger partial charge in [0.25, 0.3) is 0 Å². The summed E-state index contributed by atoms with van der Waals surface area (Å²) in [5.74, 6) is 0.599. The van der Waals surface area contributed by atoms with Crippen molar-refractivity contribution in [1.29, 1.82) is 0 Å². The number of halogens is 1. The number of benzene rings is 1. The molecule has 1 aromatic rings. The monoisotopic (exact) mass is 287 g/mol. The first-order valence-electron chi connectivity index (χ1n) is 6.19. The minimum absolute atomic E-state index is 0.135. The number of nitrogens with zero attached hydrogens (tertiary/aromatic N) is 1. The van der Waals surface area contributed by atoms with Crippen LogP contribution in [0.4, 0.5) is 0 Å². The van der Waals surface area contributed by atoms with E-state index in [1.54, 1.807) is 0 Å². The van der Waals surface area contributed by atoms with Gasteiger partial charge in [-0.05, 0) is 24.6 Å². The fourth-order valence-electron chi connectivity index (χ4n) is 2.41. The SMILES string of the molecule is CCN(Cc1ccccc1Cl)[C@@H]1CCS(=O)(=O)C1. The Morgan fingerprint density at radius 2 is 2.11 bits per heavy atom. The Kier molecular flexibility index (Phi) is 4.30. The van der Waals surface area contributed by atoms with Gasteiger partial charge in [0, 0.05) is 17.6 Å². The van der Waals surface area contributed by atoms with Crippen molar-refractivity contribution in [1.82, 2.24) is 4.90 Å². The second kappa shape index (κ2) is 5.59. The predicted molar refractivity (Wildman–Crippen MR) is 74.6 cm³/mol. The van der Waals surface area contributed by atoms with Crippen LogP contribution in [0.25, 0.3) is 0 Å². The van der Waals surface area contributed by atoms with Crippen LogP contribution >= 0.6 is 11.6 Å². The van der Waals surface area contributed by atoms with Crippen molar-refractivity contribution >= 4 is 21.4 Å². The molecule has 0 unspecified atom stereocenters. The second-order valence-electron chi connectivity index (χ2n) is 4.71. The Balaban J connectivity index is 2.09. The van der Waals surface area contributed by atoms with Gasteiger partial charge in [0.05, 0.1) is 11.5 Å².